The number of sulfone groups is 1. The van der Waals surface area contributed by atoms with Crippen LogP contribution in [0, 0.1) is 12.8 Å². The molecule has 1 unspecified atom stereocenters. The molecule has 1 fully saturated rings. The van der Waals surface area contributed by atoms with E-state index in [0.717, 1.165) is 10.0 Å². The fraction of sp³-hybridized carbons (Fsp3) is 0.455. The molecule has 1 atom stereocenters. The Labute approximate surface area is 114 Å². The van der Waals surface area contributed by atoms with E-state index < -0.39 is 15.8 Å². The van der Waals surface area contributed by atoms with E-state index in [0.29, 0.717) is 12.2 Å². The highest BCUT2D eigenvalue weighted by Crippen LogP contribution is 2.21. The molecule has 1 amide bonds. The van der Waals surface area contributed by atoms with Crippen LogP contribution < -0.4 is 5.32 Å². The Morgan fingerprint density at radius 1 is 1.56 bits per heavy atom. The van der Waals surface area contributed by atoms with Crippen LogP contribution >= 0.6 is 15.9 Å². The maximum Gasteiger partial charge on any atom is 0.229 e. The third kappa shape index (κ3) is 3.08. The lowest BCUT2D eigenvalue weighted by atomic mass is 10.1. The van der Waals surface area contributed by atoms with Gasteiger partial charge in [-0.1, -0.05) is 0 Å². The Morgan fingerprint density at radius 3 is 2.83 bits per heavy atom. The molecule has 1 saturated heterocycles. The fourth-order valence-electron chi connectivity index (χ4n) is 1.84. The van der Waals surface area contributed by atoms with Gasteiger partial charge in [-0.2, -0.15) is 0 Å². The molecule has 2 rings (SSSR count). The molecule has 1 aliphatic heterocycles. The summed E-state index contributed by atoms with van der Waals surface area (Å²) in [5, 5.41) is 2.65. The predicted octanol–water partition coefficient (Wildman–Crippen LogP) is 1.53. The summed E-state index contributed by atoms with van der Waals surface area (Å²) in [6, 6.07) is 1.74. The van der Waals surface area contributed by atoms with Crippen molar-refractivity contribution in [3.8, 4) is 0 Å². The van der Waals surface area contributed by atoms with Gasteiger partial charge in [-0.3, -0.25) is 4.79 Å². The SMILES string of the molecule is Cc1cc(NC(=O)C2CCS(=O)(=O)C2)ncc1Br. The molecule has 0 aliphatic carbocycles. The topological polar surface area (TPSA) is 76.1 Å². The minimum Gasteiger partial charge on any atom is -0.310 e. The van der Waals surface area contributed by atoms with E-state index in [1.807, 2.05) is 6.92 Å². The summed E-state index contributed by atoms with van der Waals surface area (Å²) in [6.45, 7) is 1.89. The summed E-state index contributed by atoms with van der Waals surface area (Å²) in [5.41, 5.74) is 0.958. The van der Waals surface area contributed by atoms with Crippen molar-refractivity contribution in [3.05, 3.63) is 22.3 Å². The van der Waals surface area contributed by atoms with Crippen molar-refractivity contribution in [3.63, 3.8) is 0 Å². The second kappa shape index (κ2) is 4.97. The maximum atomic E-state index is 11.9. The summed E-state index contributed by atoms with van der Waals surface area (Å²) >= 11 is 3.32. The van der Waals surface area contributed by atoms with Crippen molar-refractivity contribution in [2.75, 3.05) is 16.8 Å². The number of nitrogens with zero attached hydrogens (tertiary/aromatic N) is 1. The monoisotopic (exact) mass is 332 g/mol. The fourth-order valence-corrected chi connectivity index (χ4v) is 3.80. The molecular formula is C11H13BrN2O3S. The number of carbonyl (C=O) groups is 1. The van der Waals surface area contributed by atoms with E-state index in [-0.39, 0.29) is 17.4 Å². The van der Waals surface area contributed by atoms with Gasteiger partial charge >= 0.3 is 0 Å². The van der Waals surface area contributed by atoms with Crippen molar-refractivity contribution >= 4 is 37.5 Å². The van der Waals surface area contributed by atoms with Gasteiger partial charge < -0.3 is 5.32 Å². The highest BCUT2D eigenvalue weighted by molar-refractivity contribution is 9.10. The van der Waals surface area contributed by atoms with Crippen LogP contribution in [-0.2, 0) is 14.6 Å². The van der Waals surface area contributed by atoms with Gasteiger partial charge in [0.1, 0.15) is 5.82 Å². The van der Waals surface area contributed by atoms with Crippen molar-refractivity contribution in [1.82, 2.24) is 4.98 Å². The summed E-state index contributed by atoms with van der Waals surface area (Å²) in [6.07, 6.45) is 2.00. The number of aromatic nitrogens is 1. The van der Waals surface area contributed by atoms with E-state index in [1.54, 1.807) is 12.3 Å². The molecule has 1 aromatic heterocycles. The normalized spacial score (nSPS) is 21.8. The van der Waals surface area contributed by atoms with Gasteiger partial charge in [0.05, 0.1) is 17.4 Å². The van der Waals surface area contributed by atoms with Crippen molar-refractivity contribution < 1.29 is 13.2 Å². The number of carbonyl (C=O) groups excluding carboxylic acids is 1. The lowest BCUT2D eigenvalue weighted by molar-refractivity contribution is -0.119. The van der Waals surface area contributed by atoms with E-state index in [1.165, 1.54) is 0 Å². The van der Waals surface area contributed by atoms with E-state index in [4.69, 9.17) is 0 Å². The van der Waals surface area contributed by atoms with Crippen LogP contribution in [0.25, 0.3) is 0 Å². The van der Waals surface area contributed by atoms with Crippen molar-refractivity contribution in [1.29, 1.82) is 0 Å². The minimum atomic E-state index is -3.04. The molecule has 0 saturated carbocycles. The molecule has 18 heavy (non-hydrogen) atoms. The number of hydrogen-bond acceptors (Lipinski definition) is 4. The zero-order valence-corrected chi connectivity index (χ0v) is 12.2. The first kappa shape index (κ1) is 13.5. The first-order valence-corrected chi connectivity index (χ1v) is 8.12. The van der Waals surface area contributed by atoms with Crippen LogP contribution in [0.3, 0.4) is 0 Å². The van der Waals surface area contributed by atoms with Crippen LogP contribution in [0.1, 0.15) is 12.0 Å². The average Bonchev–Trinajstić information content (AvgIpc) is 2.64. The lowest BCUT2D eigenvalue weighted by Crippen LogP contribution is -2.24. The molecule has 0 aromatic carbocycles. The van der Waals surface area contributed by atoms with Gasteiger partial charge in [0, 0.05) is 10.7 Å². The van der Waals surface area contributed by atoms with Crippen molar-refractivity contribution in [2.24, 2.45) is 5.92 Å². The van der Waals surface area contributed by atoms with Crippen LogP contribution in [-0.4, -0.2) is 30.8 Å². The van der Waals surface area contributed by atoms with Gasteiger partial charge in [0.25, 0.3) is 0 Å². The van der Waals surface area contributed by atoms with E-state index in [9.17, 15) is 13.2 Å². The molecule has 0 radical (unpaired) electrons. The molecule has 1 aliphatic rings. The number of nitrogens with one attached hydrogen (secondary N) is 1. The zero-order chi connectivity index (χ0) is 13.3. The highest BCUT2D eigenvalue weighted by atomic mass is 79.9. The van der Waals surface area contributed by atoms with Gasteiger partial charge in [0.15, 0.2) is 9.84 Å². The highest BCUT2D eigenvalue weighted by Gasteiger charge is 2.33. The zero-order valence-electron chi connectivity index (χ0n) is 9.81. The predicted molar refractivity (Wildman–Crippen MR) is 72.1 cm³/mol. The van der Waals surface area contributed by atoms with Crippen LogP contribution in [0.5, 0.6) is 0 Å². The second-order valence-corrected chi connectivity index (χ2v) is 7.49. The third-order valence-electron chi connectivity index (χ3n) is 2.90. The number of amides is 1. The molecule has 5 nitrogen and oxygen atoms in total. The molecule has 1 aromatic rings. The van der Waals surface area contributed by atoms with Gasteiger partial charge in [-0.15, -0.1) is 0 Å². The Bertz CT molecular complexity index is 586. The van der Waals surface area contributed by atoms with Crippen molar-refractivity contribution in [2.45, 2.75) is 13.3 Å². The van der Waals surface area contributed by atoms with Crippen LogP contribution in [0.2, 0.25) is 0 Å². The minimum absolute atomic E-state index is 0.0612. The summed E-state index contributed by atoms with van der Waals surface area (Å²) in [4.78, 5) is 15.9. The Morgan fingerprint density at radius 2 is 2.28 bits per heavy atom. The first-order chi connectivity index (χ1) is 8.37. The summed E-state index contributed by atoms with van der Waals surface area (Å²) < 4.78 is 23.5. The van der Waals surface area contributed by atoms with Gasteiger partial charge in [-0.25, -0.2) is 13.4 Å². The molecule has 0 bridgehead atoms. The quantitative estimate of drug-likeness (QED) is 0.890. The van der Waals surface area contributed by atoms with Gasteiger partial charge in [0.2, 0.25) is 5.91 Å². The largest absolute Gasteiger partial charge is 0.310 e. The van der Waals surface area contributed by atoms with Gasteiger partial charge in [-0.05, 0) is 40.9 Å². The smallest absolute Gasteiger partial charge is 0.229 e. The average molecular weight is 333 g/mol. The molecule has 98 valence electrons. The Kier molecular flexibility index (Phi) is 3.72. The number of aryl methyl sites for hydroxylation is 1. The molecule has 2 heterocycles. The third-order valence-corrected chi connectivity index (χ3v) is 5.50. The first-order valence-electron chi connectivity index (χ1n) is 5.51. The number of pyridine rings is 1. The number of halogens is 1. The lowest BCUT2D eigenvalue weighted by Gasteiger charge is -2.09. The molecular weight excluding hydrogens is 320 g/mol. The summed E-state index contributed by atoms with van der Waals surface area (Å²) in [7, 11) is -3.04. The molecule has 1 N–H and O–H groups in total. The molecule has 7 heteroatoms. The standard InChI is InChI=1S/C11H13BrN2O3S/c1-7-4-10(13-5-9(7)12)14-11(15)8-2-3-18(16,17)6-8/h4-5,8H,2-3,6H2,1H3,(H,13,14,15). The number of hydrogen-bond donors (Lipinski definition) is 1. The molecule has 0 spiro atoms. The van der Waals surface area contributed by atoms with Crippen LogP contribution in [0.15, 0.2) is 16.7 Å². The number of rotatable bonds is 2. The van der Waals surface area contributed by atoms with E-state index >= 15 is 0 Å². The second-order valence-electron chi connectivity index (χ2n) is 4.41. The summed E-state index contributed by atoms with van der Waals surface area (Å²) in [5.74, 6) is -0.247. The number of anilines is 1. The van der Waals surface area contributed by atoms with E-state index in [2.05, 4.69) is 26.2 Å². The Hall–Kier alpha value is -0.950. The Balaban J connectivity index is 2.06. The van der Waals surface area contributed by atoms with Crippen LogP contribution in [0.4, 0.5) is 5.82 Å². The maximum absolute atomic E-state index is 11.9.